The Bertz CT molecular complexity index is 401. The van der Waals surface area contributed by atoms with E-state index in [0.29, 0.717) is 16.1 Å². The summed E-state index contributed by atoms with van der Waals surface area (Å²) >= 11 is 8.97. The lowest BCUT2D eigenvalue weighted by Crippen LogP contribution is -2.31. The minimum atomic E-state index is -0.475. The summed E-state index contributed by atoms with van der Waals surface area (Å²) in [5, 5.41) is 3.37. The van der Waals surface area contributed by atoms with Crippen LogP contribution in [0.4, 0.5) is 4.39 Å². The van der Waals surface area contributed by atoms with Crippen molar-refractivity contribution >= 4 is 27.5 Å². The van der Waals surface area contributed by atoms with Crippen LogP contribution in [-0.2, 0) is 0 Å². The van der Waals surface area contributed by atoms with Crippen LogP contribution in [0.15, 0.2) is 16.6 Å². The Balaban J connectivity index is 2.54. The SMILES string of the molecule is CC(C)CNCC(C)Oc1cc(F)c(Cl)cc1Br. The number of ether oxygens (including phenoxy) is 1. The molecule has 0 radical (unpaired) electrons. The van der Waals surface area contributed by atoms with E-state index in [1.165, 1.54) is 12.1 Å². The molecule has 2 nitrogen and oxygen atoms in total. The lowest BCUT2D eigenvalue weighted by Gasteiger charge is -2.17. The molecule has 18 heavy (non-hydrogen) atoms. The normalized spacial score (nSPS) is 12.8. The fourth-order valence-corrected chi connectivity index (χ4v) is 2.16. The monoisotopic (exact) mass is 337 g/mol. The van der Waals surface area contributed by atoms with Gasteiger partial charge in [-0.1, -0.05) is 25.4 Å². The quantitative estimate of drug-likeness (QED) is 0.783. The molecular formula is C13H18BrClFNO. The first kappa shape index (κ1) is 15.7. The van der Waals surface area contributed by atoms with Gasteiger partial charge in [0.1, 0.15) is 17.7 Å². The van der Waals surface area contributed by atoms with E-state index in [0.717, 1.165) is 13.1 Å². The second kappa shape index (κ2) is 7.31. The second-order valence-corrected chi connectivity index (χ2v) is 5.94. The largest absolute Gasteiger partial charge is 0.488 e. The van der Waals surface area contributed by atoms with Crippen LogP contribution in [0.2, 0.25) is 5.02 Å². The summed E-state index contributed by atoms with van der Waals surface area (Å²) in [7, 11) is 0. The van der Waals surface area contributed by atoms with Crippen molar-refractivity contribution in [2.75, 3.05) is 13.1 Å². The maximum absolute atomic E-state index is 13.3. The van der Waals surface area contributed by atoms with Gasteiger partial charge in [-0.05, 0) is 41.4 Å². The van der Waals surface area contributed by atoms with E-state index >= 15 is 0 Å². The van der Waals surface area contributed by atoms with Gasteiger partial charge in [-0.3, -0.25) is 0 Å². The van der Waals surface area contributed by atoms with Crippen LogP contribution in [0.25, 0.3) is 0 Å². The number of rotatable bonds is 6. The van der Waals surface area contributed by atoms with E-state index in [4.69, 9.17) is 16.3 Å². The van der Waals surface area contributed by atoms with Crippen LogP contribution in [0.3, 0.4) is 0 Å². The van der Waals surface area contributed by atoms with E-state index in [9.17, 15) is 4.39 Å². The van der Waals surface area contributed by atoms with Gasteiger partial charge in [-0.15, -0.1) is 0 Å². The van der Waals surface area contributed by atoms with Gasteiger partial charge in [-0.25, -0.2) is 4.39 Å². The zero-order valence-corrected chi connectivity index (χ0v) is 13.1. The Morgan fingerprint density at radius 1 is 1.33 bits per heavy atom. The molecular weight excluding hydrogens is 321 g/mol. The van der Waals surface area contributed by atoms with Crippen molar-refractivity contribution in [3.8, 4) is 5.75 Å². The van der Waals surface area contributed by atoms with Crippen molar-refractivity contribution in [2.45, 2.75) is 26.9 Å². The molecule has 0 aliphatic heterocycles. The van der Waals surface area contributed by atoms with Crippen LogP contribution in [0.5, 0.6) is 5.75 Å². The van der Waals surface area contributed by atoms with Gasteiger partial charge in [0.2, 0.25) is 0 Å². The van der Waals surface area contributed by atoms with Gasteiger partial charge in [0, 0.05) is 12.6 Å². The van der Waals surface area contributed by atoms with Crippen molar-refractivity contribution in [1.82, 2.24) is 5.32 Å². The smallest absolute Gasteiger partial charge is 0.145 e. The molecule has 1 rings (SSSR count). The van der Waals surface area contributed by atoms with E-state index in [1.807, 2.05) is 6.92 Å². The van der Waals surface area contributed by atoms with Gasteiger partial charge in [-0.2, -0.15) is 0 Å². The first-order valence-corrected chi connectivity index (χ1v) is 7.09. The van der Waals surface area contributed by atoms with Crippen LogP contribution in [0.1, 0.15) is 20.8 Å². The minimum absolute atomic E-state index is 0.0411. The molecule has 0 bridgehead atoms. The molecule has 0 saturated carbocycles. The van der Waals surface area contributed by atoms with E-state index in [2.05, 4.69) is 35.1 Å². The van der Waals surface area contributed by atoms with Crippen molar-refractivity contribution in [3.05, 3.63) is 27.4 Å². The Morgan fingerprint density at radius 2 is 2.00 bits per heavy atom. The van der Waals surface area contributed by atoms with E-state index in [-0.39, 0.29) is 11.1 Å². The molecule has 1 aromatic rings. The third-order valence-electron chi connectivity index (χ3n) is 2.29. The Hall–Kier alpha value is -0.320. The highest BCUT2D eigenvalue weighted by atomic mass is 79.9. The molecule has 1 N–H and O–H groups in total. The number of hydrogen-bond acceptors (Lipinski definition) is 2. The first-order chi connectivity index (χ1) is 8.40. The summed E-state index contributed by atoms with van der Waals surface area (Å²) < 4.78 is 19.6. The predicted molar refractivity (Wildman–Crippen MR) is 76.9 cm³/mol. The van der Waals surface area contributed by atoms with Crippen molar-refractivity contribution in [2.24, 2.45) is 5.92 Å². The fourth-order valence-electron chi connectivity index (χ4n) is 1.43. The van der Waals surface area contributed by atoms with Crippen LogP contribution in [-0.4, -0.2) is 19.2 Å². The Kier molecular flexibility index (Phi) is 6.39. The number of halogens is 3. The highest BCUT2D eigenvalue weighted by Crippen LogP contribution is 2.31. The maximum atomic E-state index is 13.3. The molecule has 0 heterocycles. The zero-order valence-electron chi connectivity index (χ0n) is 10.8. The van der Waals surface area contributed by atoms with Crippen LogP contribution >= 0.6 is 27.5 Å². The summed E-state index contributed by atoms with van der Waals surface area (Å²) in [5.74, 6) is 0.588. The molecule has 1 atom stereocenters. The third kappa shape index (κ3) is 5.12. The minimum Gasteiger partial charge on any atom is -0.488 e. The van der Waals surface area contributed by atoms with Crippen molar-refractivity contribution in [3.63, 3.8) is 0 Å². The number of hydrogen-bond donors (Lipinski definition) is 1. The summed E-state index contributed by atoms with van der Waals surface area (Å²) in [6.07, 6.45) is -0.0411. The molecule has 0 amide bonds. The molecule has 0 aliphatic carbocycles. The highest BCUT2D eigenvalue weighted by molar-refractivity contribution is 9.10. The topological polar surface area (TPSA) is 21.3 Å². The summed E-state index contributed by atoms with van der Waals surface area (Å²) in [5.41, 5.74) is 0. The Morgan fingerprint density at radius 3 is 2.61 bits per heavy atom. The van der Waals surface area contributed by atoms with Gasteiger partial charge < -0.3 is 10.1 Å². The fraction of sp³-hybridized carbons (Fsp3) is 0.538. The van der Waals surface area contributed by atoms with E-state index < -0.39 is 5.82 Å². The summed E-state index contributed by atoms with van der Waals surface area (Å²) in [6.45, 7) is 7.87. The van der Waals surface area contributed by atoms with Crippen LogP contribution < -0.4 is 10.1 Å². The highest BCUT2D eigenvalue weighted by Gasteiger charge is 2.11. The molecule has 5 heteroatoms. The van der Waals surface area contributed by atoms with Crippen molar-refractivity contribution < 1.29 is 9.13 Å². The maximum Gasteiger partial charge on any atom is 0.145 e. The number of benzene rings is 1. The molecule has 1 aromatic carbocycles. The van der Waals surface area contributed by atoms with Gasteiger partial charge in [0.15, 0.2) is 0 Å². The van der Waals surface area contributed by atoms with Crippen molar-refractivity contribution in [1.29, 1.82) is 0 Å². The third-order valence-corrected chi connectivity index (χ3v) is 3.20. The summed E-state index contributed by atoms with van der Waals surface area (Å²) in [4.78, 5) is 0. The molecule has 0 fully saturated rings. The molecule has 102 valence electrons. The summed E-state index contributed by atoms with van der Waals surface area (Å²) in [6, 6.07) is 2.80. The number of nitrogens with one attached hydrogen (secondary N) is 1. The lowest BCUT2D eigenvalue weighted by atomic mass is 10.2. The molecule has 0 spiro atoms. The predicted octanol–water partition coefficient (Wildman–Crippen LogP) is 4.25. The van der Waals surface area contributed by atoms with E-state index in [1.54, 1.807) is 0 Å². The van der Waals surface area contributed by atoms with Crippen LogP contribution in [0, 0.1) is 11.7 Å². The van der Waals surface area contributed by atoms with Gasteiger partial charge in [0.05, 0.1) is 9.50 Å². The zero-order chi connectivity index (χ0) is 13.7. The molecule has 0 aliphatic rings. The molecule has 1 unspecified atom stereocenters. The van der Waals surface area contributed by atoms with Gasteiger partial charge >= 0.3 is 0 Å². The Labute approximate surface area is 121 Å². The average Bonchev–Trinajstić information content (AvgIpc) is 2.25. The lowest BCUT2D eigenvalue weighted by molar-refractivity contribution is 0.213. The average molecular weight is 339 g/mol. The molecule has 0 aromatic heterocycles. The standard InChI is InChI=1S/C13H18BrClFNO/c1-8(2)6-17-7-9(3)18-13-5-12(16)11(15)4-10(13)14/h4-5,8-9,17H,6-7H2,1-3H3. The second-order valence-electron chi connectivity index (χ2n) is 4.68. The molecule has 0 saturated heterocycles. The first-order valence-electron chi connectivity index (χ1n) is 5.92. The van der Waals surface area contributed by atoms with Gasteiger partial charge in [0.25, 0.3) is 0 Å².